The zero-order valence-corrected chi connectivity index (χ0v) is 16.4. The fourth-order valence-corrected chi connectivity index (χ4v) is 4.85. The number of hydrogen-bond donors (Lipinski definition) is 1. The van der Waals surface area contributed by atoms with Gasteiger partial charge >= 0.3 is 0 Å². The van der Waals surface area contributed by atoms with Crippen LogP contribution in [-0.4, -0.2) is 31.9 Å². The van der Waals surface area contributed by atoms with Crippen molar-refractivity contribution in [3.05, 3.63) is 63.1 Å². The number of aromatic amines is 1. The monoisotopic (exact) mass is 392 g/mol. The van der Waals surface area contributed by atoms with Gasteiger partial charge in [0.15, 0.2) is 0 Å². The molecule has 1 aliphatic heterocycles. The number of fused-ring (bicyclic) bond motifs is 4. The minimum absolute atomic E-state index is 0.0246. The Morgan fingerprint density at radius 1 is 1.29 bits per heavy atom. The maximum absolute atomic E-state index is 12.9. The lowest BCUT2D eigenvalue weighted by molar-refractivity contribution is -0.132. The molecule has 0 saturated carbocycles. The summed E-state index contributed by atoms with van der Waals surface area (Å²) >= 11 is 1.54. The zero-order chi connectivity index (χ0) is 19.3. The molecule has 0 aliphatic carbocycles. The third-order valence-electron chi connectivity index (χ3n) is 5.46. The van der Waals surface area contributed by atoms with E-state index in [0.717, 1.165) is 28.1 Å². The molecule has 4 aromatic rings. The van der Waals surface area contributed by atoms with Crippen LogP contribution < -0.4 is 5.56 Å². The average Bonchev–Trinajstić information content (AvgIpc) is 3.31. The summed E-state index contributed by atoms with van der Waals surface area (Å²) in [5, 5.41) is 1.77. The number of thiophene rings is 1. The first kappa shape index (κ1) is 17.2. The summed E-state index contributed by atoms with van der Waals surface area (Å²) in [5.41, 5.74) is 3.35. The maximum atomic E-state index is 12.9. The van der Waals surface area contributed by atoms with Gasteiger partial charge in [-0.15, -0.1) is 11.3 Å². The largest absolute Gasteiger partial charge is 0.358 e. The first-order valence-electron chi connectivity index (χ1n) is 9.48. The average molecular weight is 392 g/mol. The van der Waals surface area contributed by atoms with E-state index in [1.807, 2.05) is 23.1 Å². The van der Waals surface area contributed by atoms with Gasteiger partial charge in [-0.2, -0.15) is 0 Å². The van der Waals surface area contributed by atoms with Gasteiger partial charge in [0.2, 0.25) is 5.91 Å². The van der Waals surface area contributed by atoms with Crippen molar-refractivity contribution in [2.24, 2.45) is 0 Å². The van der Waals surface area contributed by atoms with Gasteiger partial charge < -0.3 is 9.88 Å². The minimum Gasteiger partial charge on any atom is -0.358 e. The molecule has 4 heterocycles. The molecule has 0 saturated heterocycles. The quantitative estimate of drug-likeness (QED) is 0.582. The van der Waals surface area contributed by atoms with Crippen molar-refractivity contribution < 1.29 is 4.79 Å². The SMILES string of the molecule is CCc1cc2c(=O)n(CC(=O)N3CCc4[nH]c5ccccc5c4C3)cnc2s1. The Morgan fingerprint density at radius 3 is 3.00 bits per heavy atom. The third-order valence-corrected chi connectivity index (χ3v) is 6.65. The molecule has 7 heteroatoms. The predicted molar refractivity (Wildman–Crippen MR) is 111 cm³/mol. The molecule has 0 fully saturated rings. The Labute approximate surface area is 165 Å². The van der Waals surface area contributed by atoms with Crippen molar-refractivity contribution >= 4 is 38.4 Å². The van der Waals surface area contributed by atoms with Gasteiger partial charge in [0, 0.05) is 46.5 Å². The lowest BCUT2D eigenvalue weighted by Gasteiger charge is -2.27. The number of nitrogens with one attached hydrogen (secondary N) is 1. The van der Waals surface area contributed by atoms with Crippen molar-refractivity contribution in [1.29, 1.82) is 0 Å². The molecule has 0 radical (unpaired) electrons. The van der Waals surface area contributed by atoms with Crippen molar-refractivity contribution in [2.45, 2.75) is 32.9 Å². The van der Waals surface area contributed by atoms with Gasteiger partial charge in [-0.25, -0.2) is 4.98 Å². The van der Waals surface area contributed by atoms with Gasteiger partial charge in [-0.05, 0) is 18.6 Å². The van der Waals surface area contributed by atoms with Crippen molar-refractivity contribution in [1.82, 2.24) is 19.4 Å². The molecule has 0 atom stereocenters. The van der Waals surface area contributed by atoms with E-state index in [0.29, 0.717) is 18.5 Å². The second-order valence-electron chi connectivity index (χ2n) is 7.16. The Bertz CT molecular complexity index is 1270. The highest BCUT2D eigenvalue weighted by molar-refractivity contribution is 7.18. The lowest BCUT2D eigenvalue weighted by atomic mass is 10.0. The summed E-state index contributed by atoms with van der Waals surface area (Å²) in [4.78, 5) is 37.2. The fraction of sp³-hybridized carbons (Fsp3) is 0.286. The van der Waals surface area contributed by atoms with Gasteiger partial charge in [0.1, 0.15) is 11.4 Å². The first-order chi connectivity index (χ1) is 13.6. The number of rotatable bonds is 3. The van der Waals surface area contributed by atoms with Crippen LogP contribution in [0.1, 0.15) is 23.1 Å². The normalized spacial score (nSPS) is 14.0. The number of aryl methyl sites for hydroxylation is 1. The fourth-order valence-electron chi connectivity index (χ4n) is 3.92. The molecule has 1 aliphatic rings. The predicted octanol–water partition coefficient (Wildman–Crippen LogP) is 3.09. The molecule has 1 amide bonds. The van der Waals surface area contributed by atoms with Crippen LogP contribution in [0.25, 0.3) is 21.1 Å². The number of carbonyl (C=O) groups excluding carboxylic acids is 1. The van der Waals surface area contributed by atoms with E-state index in [2.05, 4.69) is 29.0 Å². The van der Waals surface area contributed by atoms with Crippen molar-refractivity contribution in [2.75, 3.05) is 6.54 Å². The second kappa shape index (κ2) is 6.60. The topological polar surface area (TPSA) is 71.0 Å². The van der Waals surface area contributed by atoms with Crippen LogP contribution in [0.5, 0.6) is 0 Å². The molecule has 3 aromatic heterocycles. The zero-order valence-electron chi connectivity index (χ0n) is 15.6. The molecule has 6 nitrogen and oxygen atoms in total. The Kier molecular flexibility index (Phi) is 4.05. The van der Waals surface area contributed by atoms with Crippen LogP contribution in [0.15, 0.2) is 41.5 Å². The highest BCUT2D eigenvalue weighted by Crippen LogP contribution is 2.27. The molecule has 0 spiro atoms. The summed E-state index contributed by atoms with van der Waals surface area (Å²) in [6.07, 6.45) is 3.17. The Balaban J connectivity index is 1.41. The molecule has 142 valence electrons. The van der Waals surface area contributed by atoms with E-state index >= 15 is 0 Å². The number of H-pyrrole nitrogens is 1. The first-order valence-corrected chi connectivity index (χ1v) is 10.3. The summed E-state index contributed by atoms with van der Waals surface area (Å²) in [6.45, 7) is 3.31. The molecule has 1 N–H and O–H groups in total. The van der Waals surface area contributed by atoms with E-state index in [4.69, 9.17) is 0 Å². The molecule has 0 unspecified atom stereocenters. The number of carbonyl (C=O) groups is 1. The molecule has 1 aromatic carbocycles. The summed E-state index contributed by atoms with van der Waals surface area (Å²) < 4.78 is 1.43. The Morgan fingerprint density at radius 2 is 2.14 bits per heavy atom. The van der Waals surface area contributed by atoms with E-state index in [1.54, 1.807) is 0 Å². The summed E-state index contributed by atoms with van der Waals surface area (Å²) in [5.74, 6) is -0.0508. The van der Waals surface area contributed by atoms with Gasteiger partial charge in [-0.3, -0.25) is 14.2 Å². The Hall–Kier alpha value is -2.93. The van der Waals surface area contributed by atoms with Crippen LogP contribution in [0.4, 0.5) is 0 Å². The second-order valence-corrected chi connectivity index (χ2v) is 8.27. The molecular formula is C21H20N4O2S. The maximum Gasteiger partial charge on any atom is 0.262 e. The van der Waals surface area contributed by atoms with Crippen LogP contribution in [0.3, 0.4) is 0 Å². The summed E-state index contributed by atoms with van der Waals surface area (Å²) in [6, 6.07) is 10.1. The number of aromatic nitrogens is 3. The third kappa shape index (κ3) is 2.74. The van der Waals surface area contributed by atoms with Crippen molar-refractivity contribution in [3.8, 4) is 0 Å². The lowest BCUT2D eigenvalue weighted by Crippen LogP contribution is -2.39. The standard InChI is InChI=1S/C21H20N4O2S/c1-2-13-9-15-20(28-13)22-12-25(21(15)27)11-19(26)24-8-7-18-16(10-24)14-5-3-4-6-17(14)23-18/h3-6,9,12,23H,2,7-8,10-11H2,1H3. The molecule has 5 rings (SSSR count). The number of hydrogen-bond acceptors (Lipinski definition) is 4. The highest BCUT2D eigenvalue weighted by Gasteiger charge is 2.24. The van der Waals surface area contributed by atoms with Crippen molar-refractivity contribution in [3.63, 3.8) is 0 Å². The number of amides is 1. The smallest absolute Gasteiger partial charge is 0.262 e. The van der Waals surface area contributed by atoms with E-state index in [-0.39, 0.29) is 18.0 Å². The van der Waals surface area contributed by atoms with Gasteiger partial charge in [-0.1, -0.05) is 25.1 Å². The molecule has 28 heavy (non-hydrogen) atoms. The van der Waals surface area contributed by atoms with Crippen LogP contribution in [-0.2, 0) is 30.7 Å². The number of benzene rings is 1. The van der Waals surface area contributed by atoms with E-state index in [1.165, 1.54) is 38.9 Å². The number of nitrogens with zero attached hydrogens (tertiary/aromatic N) is 3. The van der Waals surface area contributed by atoms with Crippen LogP contribution >= 0.6 is 11.3 Å². The van der Waals surface area contributed by atoms with Gasteiger partial charge in [0.25, 0.3) is 5.56 Å². The molecular weight excluding hydrogens is 372 g/mol. The van der Waals surface area contributed by atoms with Crippen LogP contribution in [0, 0.1) is 0 Å². The number of para-hydroxylation sites is 1. The van der Waals surface area contributed by atoms with Crippen LogP contribution in [0.2, 0.25) is 0 Å². The van der Waals surface area contributed by atoms with E-state index < -0.39 is 0 Å². The summed E-state index contributed by atoms with van der Waals surface area (Å²) in [7, 11) is 0. The minimum atomic E-state index is -0.140. The highest BCUT2D eigenvalue weighted by atomic mass is 32.1. The van der Waals surface area contributed by atoms with E-state index in [9.17, 15) is 9.59 Å². The van der Waals surface area contributed by atoms with Gasteiger partial charge in [0.05, 0.1) is 11.7 Å². The molecule has 0 bridgehead atoms.